The van der Waals surface area contributed by atoms with Crippen LogP contribution in [0.3, 0.4) is 0 Å². The highest BCUT2D eigenvalue weighted by Gasteiger charge is 2.13. The summed E-state index contributed by atoms with van der Waals surface area (Å²) in [5.41, 5.74) is 9.01. The minimum Gasteiger partial charge on any atom is -0.438 e. The minimum atomic E-state index is 0.431. The van der Waals surface area contributed by atoms with Crippen LogP contribution in [0.4, 0.5) is 5.82 Å². The van der Waals surface area contributed by atoms with Crippen LogP contribution in [-0.2, 0) is 6.42 Å². The fourth-order valence-electron chi connectivity index (χ4n) is 2.09. The van der Waals surface area contributed by atoms with Crippen molar-refractivity contribution in [1.29, 1.82) is 5.26 Å². The lowest BCUT2D eigenvalue weighted by Gasteiger charge is -2.14. The molecule has 0 fully saturated rings. The van der Waals surface area contributed by atoms with Gasteiger partial charge in [-0.15, -0.1) is 0 Å². The Morgan fingerprint density at radius 2 is 1.81 bits per heavy atom. The summed E-state index contributed by atoms with van der Waals surface area (Å²) in [6, 6.07) is 5.73. The number of nitrogens with zero attached hydrogens (tertiary/aromatic N) is 3. The van der Waals surface area contributed by atoms with Crippen LogP contribution in [0.1, 0.15) is 35.0 Å². The molecule has 0 amide bonds. The van der Waals surface area contributed by atoms with Gasteiger partial charge in [-0.2, -0.15) is 10.2 Å². The molecule has 108 valence electrons. The predicted molar refractivity (Wildman–Crippen MR) is 81.3 cm³/mol. The molecule has 0 spiro atoms. The molecule has 0 saturated heterocycles. The van der Waals surface area contributed by atoms with E-state index < -0.39 is 0 Å². The lowest BCUT2D eigenvalue weighted by molar-refractivity contribution is 0.448. The Labute approximate surface area is 124 Å². The molecular weight excluding hydrogens is 264 g/mol. The van der Waals surface area contributed by atoms with Gasteiger partial charge in [0, 0.05) is 6.42 Å². The van der Waals surface area contributed by atoms with Gasteiger partial charge < -0.3 is 10.5 Å². The van der Waals surface area contributed by atoms with Gasteiger partial charge in [-0.3, -0.25) is 0 Å². The van der Waals surface area contributed by atoms with Gasteiger partial charge in [0.15, 0.2) is 0 Å². The van der Waals surface area contributed by atoms with Crippen molar-refractivity contribution in [3.63, 3.8) is 0 Å². The molecule has 0 aliphatic heterocycles. The fraction of sp³-hybridized carbons (Fsp3) is 0.312. The van der Waals surface area contributed by atoms with Crippen LogP contribution in [-0.4, -0.2) is 9.97 Å². The monoisotopic (exact) mass is 282 g/mol. The number of aromatic nitrogens is 2. The second-order valence-electron chi connectivity index (χ2n) is 4.96. The first-order valence-electron chi connectivity index (χ1n) is 6.78. The van der Waals surface area contributed by atoms with Crippen LogP contribution in [0.25, 0.3) is 0 Å². The van der Waals surface area contributed by atoms with Gasteiger partial charge in [-0.05, 0) is 44.0 Å². The Kier molecular flexibility index (Phi) is 4.08. The number of benzene rings is 1. The number of hydrogen-bond donors (Lipinski definition) is 1. The number of anilines is 1. The Balaban J connectivity index is 2.48. The summed E-state index contributed by atoms with van der Waals surface area (Å²) in [6.07, 6.45) is 0.687. The third-order valence-electron chi connectivity index (χ3n) is 3.29. The normalized spacial score (nSPS) is 10.2. The second-order valence-corrected chi connectivity index (χ2v) is 4.96. The number of nitrogen functional groups attached to an aromatic ring is 1. The van der Waals surface area contributed by atoms with Gasteiger partial charge in [0.05, 0.1) is 17.2 Å². The van der Waals surface area contributed by atoms with Crippen molar-refractivity contribution >= 4 is 5.82 Å². The largest absolute Gasteiger partial charge is 0.438 e. The molecule has 0 aliphatic rings. The standard InChI is InChI=1S/C16H18N4O/c1-5-13-19-15(18)11(4)16(20-13)21-14-9(2)6-12(8-17)7-10(14)3/h6-7H,5H2,1-4H3,(H2,18,19,20). The topological polar surface area (TPSA) is 84.8 Å². The Morgan fingerprint density at radius 1 is 1.19 bits per heavy atom. The van der Waals surface area contributed by atoms with E-state index in [2.05, 4.69) is 16.0 Å². The van der Waals surface area contributed by atoms with Gasteiger partial charge in [0.1, 0.15) is 17.4 Å². The average Bonchev–Trinajstić information content (AvgIpc) is 2.46. The van der Waals surface area contributed by atoms with Gasteiger partial charge in [0.25, 0.3) is 0 Å². The van der Waals surface area contributed by atoms with E-state index in [1.165, 1.54) is 0 Å². The van der Waals surface area contributed by atoms with Crippen molar-refractivity contribution < 1.29 is 4.74 Å². The van der Waals surface area contributed by atoms with Crippen molar-refractivity contribution in [1.82, 2.24) is 9.97 Å². The van der Waals surface area contributed by atoms with Crippen LogP contribution < -0.4 is 10.5 Å². The summed E-state index contributed by atoms with van der Waals surface area (Å²) in [5.74, 6) is 2.25. The summed E-state index contributed by atoms with van der Waals surface area (Å²) < 4.78 is 5.95. The first-order valence-corrected chi connectivity index (χ1v) is 6.78. The van der Waals surface area contributed by atoms with Gasteiger partial charge in [0.2, 0.25) is 5.88 Å². The molecule has 1 heterocycles. The zero-order valence-corrected chi connectivity index (χ0v) is 12.7. The lowest BCUT2D eigenvalue weighted by Crippen LogP contribution is -2.05. The second kappa shape index (κ2) is 5.80. The van der Waals surface area contributed by atoms with Gasteiger partial charge >= 0.3 is 0 Å². The Morgan fingerprint density at radius 3 is 2.33 bits per heavy atom. The van der Waals surface area contributed by atoms with Crippen LogP contribution in [0, 0.1) is 32.1 Å². The lowest BCUT2D eigenvalue weighted by atomic mass is 10.1. The maximum Gasteiger partial charge on any atom is 0.227 e. The molecule has 0 radical (unpaired) electrons. The molecule has 0 saturated carbocycles. The molecule has 5 heteroatoms. The van der Waals surface area contributed by atoms with Crippen molar-refractivity contribution in [2.24, 2.45) is 0 Å². The van der Waals surface area contributed by atoms with E-state index in [0.717, 1.165) is 16.7 Å². The number of rotatable bonds is 3. The van der Waals surface area contributed by atoms with E-state index >= 15 is 0 Å². The van der Waals surface area contributed by atoms with Gasteiger partial charge in [-0.1, -0.05) is 6.92 Å². The predicted octanol–water partition coefficient (Wildman–Crippen LogP) is 3.21. The maximum absolute atomic E-state index is 8.99. The van der Waals surface area contributed by atoms with Crippen LogP contribution in [0.5, 0.6) is 11.6 Å². The molecule has 0 atom stereocenters. The summed E-state index contributed by atoms with van der Waals surface area (Å²) in [6.45, 7) is 7.61. The summed E-state index contributed by atoms with van der Waals surface area (Å²) >= 11 is 0. The number of ether oxygens (including phenoxy) is 1. The van der Waals surface area contributed by atoms with E-state index in [4.69, 9.17) is 15.7 Å². The Bertz CT molecular complexity index is 709. The first-order chi connectivity index (χ1) is 9.96. The van der Waals surface area contributed by atoms with Gasteiger partial charge in [-0.25, -0.2) is 4.98 Å². The molecule has 0 aliphatic carbocycles. The molecule has 1 aromatic carbocycles. The molecule has 5 nitrogen and oxygen atoms in total. The van der Waals surface area contributed by atoms with Crippen molar-refractivity contribution in [3.8, 4) is 17.7 Å². The molecule has 2 rings (SSSR count). The minimum absolute atomic E-state index is 0.431. The molecule has 2 aromatic rings. The average molecular weight is 282 g/mol. The van der Waals surface area contributed by atoms with E-state index in [1.807, 2.05) is 27.7 Å². The van der Waals surface area contributed by atoms with E-state index in [0.29, 0.717) is 35.3 Å². The maximum atomic E-state index is 8.99. The fourth-order valence-corrected chi connectivity index (χ4v) is 2.09. The van der Waals surface area contributed by atoms with E-state index in [1.54, 1.807) is 12.1 Å². The highest BCUT2D eigenvalue weighted by atomic mass is 16.5. The summed E-state index contributed by atoms with van der Waals surface area (Å²) in [4.78, 5) is 8.60. The SMILES string of the molecule is CCc1nc(N)c(C)c(Oc2c(C)cc(C#N)cc2C)n1. The number of aryl methyl sites for hydroxylation is 3. The highest BCUT2D eigenvalue weighted by Crippen LogP contribution is 2.31. The number of hydrogen-bond acceptors (Lipinski definition) is 5. The first kappa shape index (κ1) is 14.8. The van der Waals surface area contributed by atoms with E-state index in [9.17, 15) is 0 Å². The highest BCUT2D eigenvalue weighted by molar-refractivity contribution is 5.51. The summed E-state index contributed by atoms with van der Waals surface area (Å²) in [5, 5.41) is 8.99. The molecule has 21 heavy (non-hydrogen) atoms. The molecular formula is C16H18N4O. The van der Waals surface area contributed by atoms with Crippen molar-refractivity contribution in [2.45, 2.75) is 34.1 Å². The zero-order valence-electron chi connectivity index (χ0n) is 12.7. The molecule has 0 bridgehead atoms. The quantitative estimate of drug-likeness (QED) is 0.934. The van der Waals surface area contributed by atoms with Crippen LogP contribution >= 0.6 is 0 Å². The third-order valence-corrected chi connectivity index (χ3v) is 3.29. The van der Waals surface area contributed by atoms with Crippen LogP contribution in [0.2, 0.25) is 0 Å². The zero-order chi connectivity index (χ0) is 15.6. The molecule has 1 aromatic heterocycles. The smallest absolute Gasteiger partial charge is 0.227 e. The number of nitriles is 1. The van der Waals surface area contributed by atoms with Crippen molar-refractivity contribution in [3.05, 3.63) is 40.2 Å². The Hall–Kier alpha value is -2.61. The molecule has 2 N–H and O–H groups in total. The summed E-state index contributed by atoms with van der Waals surface area (Å²) in [7, 11) is 0. The third kappa shape index (κ3) is 2.95. The van der Waals surface area contributed by atoms with Crippen molar-refractivity contribution in [2.75, 3.05) is 5.73 Å². The number of nitrogens with two attached hydrogens (primary N) is 1. The molecule has 0 unspecified atom stereocenters. The van der Waals surface area contributed by atoms with E-state index in [-0.39, 0.29) is 0 Å². The van der Waals surface area contributed by atoms with Crippen LogP contribution in [0.15, 0.2) is 12.1 Å².